The number of amides is 1. The monoisotopic (exact) mass is 471 g/mol. The van der Waals surface area contributed by atoms with Gasteiger partial charge in [-0.2, -0.15) is 0 Å². The molecule has 0 radical (unpaired) electrons. The molecule has 1 amide bonds. The summed E-state index contributed by atoms with van der Waals surface area (Å²) in [6.07, 6.45) is -15.1. The number of ether oxygens (including phenoxy) is 5. The summed E-state index contributed by atoms with van der Waals surface area (Å²) in [7, 11) is 0. The lowest BCUT2D eigenvalue weighted by Gasteiger charge is -2.45. The Morgan fingerprint density at radius 2 is 1.41 bits per heavy atom. The second kappa shape index (κ2) is 13.0. The standard InChI is InChI=1S/C18H33NO13/c1-8(22)19-2-3-28-4-5-29-18-16(14(26)12(24)10(7-21)31-18)32-17-15(27)13(25)11(23)9(6-20)30-17/h9-18,20-21,23-27H,2-7H2,1H3,(H,19,22)/t9-,10+,11-,12-,13+,14+,15+,16+,17-,18+/m1/s1. The van der Waals surface area contributed by atoms with Crippen molar-refractivity contribution in [2.75, 3.05) is 39.6 Å². The molecule has 188 valence electrons. The highest BCUT2D eigenvalue weighted by Gasteiger charge is 2.50. The third-order valence-corrected chi connectivity index (χ3v) is 5.09. The molecule has 14 heteroatoms. The van der Waals surface area contributed by atoms with Gasteiger partial charge < -0.3 is 64.7 Å². The van der Waals surface area contributed by atoms with E-state index in [2.05, 4.69) is 5.32 Å². The Kier molecular flexibility index (Phi) is 11.1. The first kappa shape index (κ1) is 27.2. The largest absolute Gasteiger partial charge is 0.394 e. The van der Waals surface area contributed by atoms with Crippen LogP contribution in [0.1, 0.15) is 6.92 Å². The zero-order chi connectivity index (χ0) is 23.8. The van der Waals surface area contributed by atoms with Gasteiger partial charge in [-0.1, -0.05) is 0 Å². The van der Waals surface area contributed by atoms with Gasteiger partial charge in [0.25, 0.3) is 0 Å². The third-order valence-electron chi connectivity index (χ3n) is 5.09. The molecule has 2 rings (SSSR count). The minimum Gasteiger partial charge on any atom is -0.394 e. The van der Waals surface area contributed by atoms with E-state index in [-0.39, 0.29) is 25.7 Å². The predicted molar refractivity (Wildman–Crippen MR) is 102 cm³/mol. The number of aliphatic hydroxyl groups is 7. The highest BCUT2D eigenvalue weighted by molar-refractivity contribution is 5.72. The Labute approximate surface area is 184 Å². The summed E-state index contributed by atoms with van der Waals surface area (Å²) >= 11 is 0. The molecule has 0 aromatic carbocycles. The van der Waals surface area contributed by atoms with E-state index in [1.807, 2.05) is 0 Å². The van der Waals surface area contributed by atoms with E-state index in [0.29, 0.717) is 6.54 Å². The quantitative estimate of drug-likeness (QED) is 0.132. The first-order chi connectivity index (χ1) is 15.2. The van der Waals surface area contributed by atoms with Gasteiger partial charge in [-0.05, 0) is 0 Å². The Morgan fingerprint density at radius 1 is 0.812 bits per heavy atom. The van der Waals surface area contributed by atoms with Gasteiger partial charge in [0.1, 0.15) is 48.8 Å². The minimum atomic E-state index is -1.74. The molecule has 2 saturated heterocycles. The molecule has 0 aromatic rings. The van der Waals surface area contributed by atoms with Crippen LogP contribution in [0.25, 0.3) is 0 Å². The Balaban J connectivity index is 1.98. The second-order valence-electron chi connectivity index (χ2n) is 7.47. The zero-order valence-electron chi connectivity index (χ0n) is 17.6. The van der Waals surface area contributed by atoms with Crippen molar-refractivity contribution in [3.05, 3.63) is 0 Å². The molecular weight excluding hydrogens is 438 g/mol. The normalized spacial score (nSPS) is 40.2. The SMILES string of the molecule is CC(=O)NCCOCCO[C@H]1O[C@@H](CO)[C@@H](O)[C@H](O)[C@@H]1O[C@H]1O[C@H](CO)[C@@H](O)[C@H](O)[C@@H]1O. The van der Waals surface area contributed by atoms with Gasteiger partial charge in [-0.25, -0.2) is 0 Å². The van der Waals surface area contributed by atoms with Crippen LogP contribution in [0.5, 0.6) is 0 Å². The first-order valence-electron chi connectivity index (χ1n) is 10.2. The van der Waals surface area contributed by atoms with E-state index >= 15 is 0 Å². The van der Waals surface area contributed by atoms with E-state index in [1.165, 1.54) is 6.92 Å². The molecule has 14 nitrogen and oxygen atoms in total. The van der Waals surface area contributed by atoms with Crippen LogP contribution < -0.4 is 5.32 Å². The first-order valence-corrected chi connectivity index (χ1v) is 10.2. The van der Waals surface area contributed by atoms with E-state index in [4.69, 9.17) is 23.7 Å². The predicted octanol–water partition coefficient (Wildman–Crippen LogP) is -5.22. The summed E-state index contributed by atoms with van der Waals surface area (Å²) in [6.45, 7) is 0.609. The number of hydrogen-bond donors (Lipinski definition) is 8. The molecule has 10 atom stereocenters. The molecule has 0 saturated carbocycles. The molecule has 0 unspecified atom stereocenters. The lowest BCUT2D eigenvalue weighted by molar-refractivity contribution is -0.367. The van der Waals surface area contributed by atoms with Crippen molar-refractivity contribution in [3.63, 3.8) is 0 Å². The summed E-state index contributed by atoms with van der Waals surface area (Å²) in [4.78, 5) is 10.8. The zero-order valence-corrected chi connectivity index (χ0v) is 17.6. The van der Waals surface area contributed by atoms with E-state index in [9.17, 15) is 40.5 Å². The van der Waals surface area contributed by atoms with Crippen molar-refractivity contribution in [2.45, 2.75) is 68.3 Å². The van der Waals surface area contributed by atoms with Crippen LogP contribution in [-0.4, -0.2) is 143 Å². The van der Waals surface area contributed by atoms with Crippen LogP contribution in [0, 0.1) is 0 Å². The van der Waals surface area contributed by atoms with Crippen LogP contribution in [0.15, 0.2) is 0 Å². The van der Waals surface area contributed by atoms with Crippen molar-refractivity contribution in [3.8, 4) is 0 Å². The Hall–Kier alpha value is -1.01. The van der Waals surface area contributed by atoms with Crippen LogP contribution in [-0.2, 0) is 28.5 Å². The van der Waals surface area contributed by atoms with Gasteiger partial charge in [0.05, 0.1) is 33.0 Å². The molecule has 0 aliphatic carbocycles. The van der Waals surface area contributed by atoms with E-state index < -0.39 is 74.6 Å². The van der Waals surface area contributed by atoms with Gasteiger partial charge in [0, 0.05) is 13.5 Å². The average Bonchev–Trinajstić information content (AvgIpc) is 2.77. The number of carbonyl (C=O) groups is 1. The van der Waals surface area contributed by atoms with Crippen LogP contribution in [0.4, 0.5) is 0 Å². The molecule has 0 bridgehead atoms. The van der Waals surface area contributed by atoms with Crippen molar-refractivity contribution >= 4 is 5.91 Å². The summed E-state index contributed by atoms with van der Waals surface area (Å²) in [5, 5.41) is 71.8. The number of rotatable bonds is 11. The van der Waals surface area contributed by atoms with Crippen molar-refractivity contribution in [2.24, 2.45) is 0 Å². The molecule has 2 heterocycles. The fraction of sp³-hybridized carbons (Fsp3) is 0.944. The highest BCUT2D eigenvalue weighted by atomic mass is 16.8. The molecule has 0 spiro atoms. The summed E-state index contributed by atoms with van der Waals surface area (Å²) in [5.41, 5.74) is 0. The molecule has 2 aliphatic rings. The van der Waals surface area contributed by atoms with Gasteiger partial charge >= 0.3 is 0 Å². The molecule has 32 heavy (non-hydrogen) atoms. The van der Waals surface area contributed by atoms with Crippen LogP contribution in [0.2, 0.25) is 0 Å². The number of aliphatic hydroxyl groups excluding tert-OH is 7. The highest BCUT2D eigenvalue weighted by Crippen LogP contribution is 2.29. The van der Waals surface area contributed by atoms with E-state index in [1.54, 1.807) is 0 Å². The Morgan fingerprint density at radius 3 is 2.00 bits per heavy atom. The van der Waals surface area contributed by atoms with Crippen molar-refractivity contribution in [1.29, 1.82) is 0 Å². The van der Waals surface area contributed by atoms with Crippen LogP contribution in [0.3, 0.4) is 0 Å². The van der Waals surface area contributed by atoms with Crippen molar-refractivity contribution < 1.29 is 64.2 Å². The molecular formula is C18H33NO13. The van der Waals surface area contributed by atoms with Gasteiger partial charge in [0.2, 0.25) is 5.91 Å². The molecule has 0 aromatic heterocycles. The average molecular weight is 471 g/mol. The van der Waals surface area contributed by atoms with Gasteiger partial charge in [-0.15, -0.1) is 0 Å². The fourth-order valence-corrected chi connectivity index (χ4v) is 3.29. The van der Waals surface area contributed by atoms with E-state index in [0.717, 1.165) is 0 Å². The maximum absolute atomic E-state index is 10.8. The molecule has 8 N–H and O–H groups in total. The molecule has 2 fully saturated rings. The summed E-state index contributed by atoms with van der Waals surface area (Å²) in [6, 6.07) is 0. The number of hydrogen-bond acceptors (Lipinski definition) is 13. The third kappa shape index (κ3) is 6.99. The Bertz CT molecular complexity index is 567. The van der Waals surface area contributed by atoms with Crippen molar-refractivity contribution in [1.82, 2.24) is 5.32 Å². The smallest absolute Gasteiger partial charge is 0.216 e. The van der Waals surface area contributed by atoms with Gasteiger partial charge in [-0.3, -0.25) is 4.79 Å². The summed E-state index contributed by atoms with van der Waals surface area (Å²) < 4.78 is 27.0. The lowest BCUT2D eigenvalue weighted by Crippen LogP contribution is -2.64. The fourth-order valence-electron chi connectivity index (χ4n) is 3.29. The minimum absolute atomic E-state index is 0.0553. The van der Waals surface area contributed by atoms with Gasteiger partial charge in [0.15, 0.2) is 12.6 Å². The maximum Gasteiger partial charge on any atom is 0.216 e. The van der Waals surface area contributed by atoms with Crippen LogP contribution >= 0.6 is 0 Å². The second-order valence-corrected chi connectivity index (χ2v) is 7.47. The lowest BCUT2D eigenvalue weighted by atomic mass is 9.97. The number of carbonyl (C=O) groups excluding carboxylic acids is 1. The topological polar surface area (TPSA) is 217 Å². The molecule has 2 aliphatic heterocycles. The summed E-state index contributed by atoms with van der Waals surface area (Å²) in [5.74, 6) is -0.198. The maximum atomic E-state index is 10.8. The number of nitrogens with one attached hydrogen (secondary N) is 1.